The predicted molar refractivity (Wildman–Crippen MR) is 76.9 cm³/mol. The number of rotatable bonds is 5. The summed E-state index contributed by atoms with van der Waals surface area (Å²) in [6.07, 6.45) is 0.927. The molecule has 102 valence electrons. The van der Waals surface area contributed by atoms with Crippen molar-refractivity contribution in [2.75, 3.05) is 18.5 Å². The Morgan fingerprint density at radius 1 is 1.47 bits per heavy atom. The first-order valence-corrected chi connectivity index (χ1v) is 7.19. The van der Waals surface area contributed by atoms with Crippen LogP contribution in [0.1, 0.15) is 18.7 Å². The van der Waals surface area contributed by atoms with Crippen molar-refractivity contribution in [3.05, 3.63) is 16.2 Å². The largest absolute Gasteiger partial charge is 0.465 e. The van der Waals surface area contributed by atoms with Crippen molar-refractivity contribution in [1.82, 2.24) is 9.97 Å². The van der Waals surface area contributed by atoms with Crippen LogP contribution in [-0.2, 0) is 16.0 Å². The molecule has 1 N–H and O–H groups in total. The molecule has 0 unspecified atom stereocenters. The highest BCUT2D eigenvalue weighted by Gasteiger charge is 2.11. The van der Waals surface area contributed by atoms with E-state index in [1.807, 2.05) is 6.07 Å². The van der Waals surface area contributed by atoms with E-state index < -0.39 is 0 Å². The Bertz CT molecular complexity index is 600. The zero-order valence-electron chi connectivity index (χ0n) is 10.7. The Morgan fingerprint density at radius 3 is 2.95 bits per heavy atom. The monoisotopic (exact) mass is 299 g/mol. The van der Waals surface area contributed by atoms with Gasteiger partial charge in [-0.2, -0.15) is 0 Å². The van der Waals surface area contributed by atoms with Crippen LogP contribution in [0, 0.1) is 0 Å². The van der Waals surface area contributed by atoms with Gasteiger partial charge in [-0.1, -0.05) is 6.92 Å². The molecule has 2 rings (SSSR count). The maximum atomic E-state index is 11.3. The van der Waals surface area contributed by atoms with Crippen molar-refractivity contribution in [2.24, 2.45) is 0 Å². The summed E-state index contributed by atoms with van der Waals surface area (Å²) in [7, 11) is 0. The number of carbonyl (C=O) groups is 1. The number of nitrogens with zero attached hydrogens (tertiary/aromatic N) is 2. The van der Waals surface area contributed by atoms with Gasteiger partial charge in [0, 0.05) is 4.88 Å². The number of aryl methyl sites for hydroxylation is 1. The number of esters is 1. The van der Waals surface area contributed by atoms with Crippen LogP contribution < -0.4 is 5.32 Å². The minimum absolute atomic E-state index is 0.0631. The molecular weight excluding hydrogens is 286 g/mol. The summed E-state index contributed by atoms with van der Waals surface area (Å²) in [5.74, 6) is 0.246. The third-order valence-electron chi connectivity index (χ3n) is 2.47. The Balaban J connectivity index is 2.25. The van der Waals surface area contributed by atoms with E-state index >= 15 is 0 Å². The fraction of sp³-hybridized carbons (Fsp3) is 0.417. The number of hydrogen-bond donors (Lipinski definition) is 1. The van der Waals surface area contributed by atoms with E-state index in [2.05, 4.69) is 22.2 Å². The van der Waals surface area contributed by atoms with Crippen LogP contribution >= 0.6 is 22.9 Å². The molecule has 5 nitrogen and oxygen atoms in total. The summed E-state index contributed by atoms with van der Waals surface area (Å²) >= 11 is 7.46. The highest BCUT2D eigenvalue weighted by molar-refractivity contribution is 7.18. The van der Waals surface area contributed by atoms with Crippen LogP contribution in [0.5, 0.6) is 0 Å². The quantitative estimate of drug-likeness (QED) is 0.679. The normalized spacial score (nSPS) is 10.7. The molecule has 7 heteroatoms. The number of thiophene rings is 1. The first-order valence-electron chi connectivity index (χ1n) is 5.99. The maximum absolute atomic E-state index is 11.3. The van der Waals surface area contributed by atoms with E-state index in [4.69, 9.17) is 16.3 Å². The molecule has 2 aromatic rings. The van der Waals surface area contributed by atoms with Gasteiger partial charge in [0.05, 0.1) is 12.0 Å². The number of hydrogen-bond acceptors (Lipinski definition) is 6. The van der Waals surface area contributed by atoms with Gasteiger partial charge in [0.25, 0.3) is 0 Å². The second kappa shape index (κ2) is 6.16. The molecule has 0 aromatic carbocycles. The summed E-state index contributed by atoms with van der Waals surface area (Å²) in [6.45, 7) is 4.27. The van der Waals surface area contributed by atoms with E-state index in [0.29, 0.717) is 12.4 Å². The van der Waals surface area contributed by atoms with Gasteiger partial charge in [0.15, 0.2) is 0 Å². The molecule has 0 aliphatic rings. The predicted octanol–water partition coefficient (Wildman–Crippen LogP) is 2.88. The number of anilines is 1. The van der Waals surface area contributed by atoms with Crippen LogP contribution in [0.25, 0.3) is 10.2 Å². The third kappa shape index (κ3) is 3.33. The Hall–Kier alpha value is -1.40. The molecule has 0 fully saturated rings. The molecule has 0 bridgehead atoms. The van der Waals surface area contributed by atoms with E-state index in [9.17, 15) is 4.79 Å². The second-order valence-corrected chi connectivity index (χ2v) is 5.24. The fourth-order valence-corrected chi connectivity index (χ4v) is 2.81. The first kappa shape index (κ1) is 14.0. The number of halogens is 1. The van der Waals surface area contributed by atoms with Crippen molar-refractivity contribution < 1.29 is 9.53 Å². The molecule has 0 saturated heterocycles. The lowest BCUT2D eigenvalue weighted by atomic mass is 10.3. The third-order valence-corrected chi connectivity index (χ3v) is 3.81. The van der Waals surface area contributed by atoms with Crippen LogP contribution in [0.3, 0.4) is 0 Å². The van der Waals surface area contributed by atoms with Gasteiger partial charge in [-0.15, -0.1) is 11.3 Å². The lowest BCUT2D eigenvalue weighted by Gasteiger charge is -2.06. The number of carbonyl (C=O) groups excluding carboxylic acids is 1. The minimum atomic E-state index is -0.323. The average molecular weight is 300 g/mol. The zero-order valence-corrected chi connectivity index (χ0v) is 12.3. The summed E-state index contributed by atoms with van der Waals surface area (Å²) < 4.78 is 4.86. The van der Waals surface area contributed by atoms with Gasteiger partial charge in [0.1, 0.15) is 17.2 Å². The van der Waals surface area contributed by atoms with E-state index in [0.717, 1.165) is 16.6 Å². The topological polar surface area (TPSA) is 64.1 Å². The molecule has 0 spiro atoms. The SMILES string of the molecule is CCOC(=O)CNc1nc(Cl)nc2sc(CC)cc12. The number of ether oxygens (including phenoxy) is 1. The second-order valence-electron chi connectivity index (χ2n) is 3.78. The van der Waals surface area contributed by atoms with Gasteiger partial charge in [-0.25, -0.2) is 9.97 Å². The molecule has 0 saturated carbocycles. The van der Waals surface area contributed by atoms with E-state index in [-0.39, 0.29) is 17.8 Å². The smallest absolute Gasteiger partial charge is 0.325 e. The van der Waals surface area contributed by atoms with Crippen LogP contribution in [0.15, 0.2) is 6.07 Å². The van der Waals surface area contributed by atoms with Crippen molar-refractivity contribution >= 4 is 44.9 Å². The molecule has 2 aromatic heterocycles. The van der Waals surface area contributed by atoms with Crippen LogP contribution in [0.2, 0.25) is 5.28 Å². The summed E-state index contributed by atoms with van der Waals surface area (Å²) in [6, 6.07) is 2.02. The molecule has 0 radical (unpaired) electrons. The van der Waals surface area contributed by atoms with E-state index in [1.54, 1.807) is 18.3 Å². The van der Waals surface area contributed by atoms with Crippen LogP contribution in [0.4, 0.5) is 5.82 Å². The summed E-state index contributed by atoms with van der Waals surface area (Å²) in [4.78, 5) is 21.7. The molecular formula is C12H14ClN3O2S. The van der Waals surface area contributed by atoms with Gasteiger partial charge in [-0.3, -0.25) is 4.79 Å². The lowest BCUT2D eigenvalue weighted by molar-refractivity contribution is -0.140. The summed E-state index contributed by atoms with van der Waals surface area (Å²) in [5.41, 5.74) is 0. The fourth-order valence-electron chi connectivity index (χ4n) is 1.62. The first-order chi connectivity index (χ1) is 9.13. The van der Waals surface area contributed by atoms with Crippen LogP contribution in [-0.4, -0.2) is 29.1 Å². The summed E-state index contributed by atoms with van der Waals surface area (Å²) in [5, 5.41) is 4.00. The molecule has 0 amide bonds. The highest BCUT2D eigenvalue weighted by Crippen LogP contribution is 2.30. The molecule has 19 heavy (non-hydrogen) atoms. The Labute approximate surface area is 120 Å². The maximum Gasteiger partial charge on any atom is 0.325 e. The Kier molecular flexibility index (Phi) is 4.55. The minimum Gasteiger partial charge on any atom is -0.465 e. The van der Waals surface area contributed by atoms with Gasteiger partial charge in [-0.05, 0) is 31.0 Å². The molecule has 0 aliphatic carbocycles. The van der Waals surface area contributed by atoms with Crippen molar-refractivity contribution in [1.29, 1.82) is 0 Å². The Morgan fingerprint density at radius 2 is 2.26 bits per heavy atom. The molecule has 0 atom stereocenters. The highest BCUT2D eigenvalue weighted by atomic mass is 35.5. The standard InChI is InChI=1S/C12H14ClN3O2S/c1-3-7-5-8-10(14-6-9(17)18-4-2)15-12(13)16-11(8)19-7/h5H,3-4,6H2,1-2H3,(H,14,15,16). The number of aromatic nitrogens is 2. The van der Waals surface area contributed by atoms with Gasteiger partial charge in [0.2, 0.25) is 5.28 Å². The molecule has 2 heterocycles. The van der Waals surface area contributed by atoms with Crippen molar-refractivity contribution in [2.45, 2.75) is 20.3 Å². The lowest BCUT2D eigenvalue weighted by Crippen LogP contribution is -2.17. The molecule has 0 aliphatic heterocycles. The van der Waals surface area contributed by atoms with Gasteiger partial charge >= 0.3 is 5.97 Å². The number of nitrogens with one attached hydrogen (secondary N) is 1. The zero-order chi connectivity index (χ0) is 13.8. The van der Waals surface area contributed by atoms with Gasteiger partial charge < -0.3 is 10.1 Å². The average Bonchev–Trinajstić information content (AvgIpc) is 2.79. The number of fused-ring (bicyclic) bond motifs is 1. The van der Waals surface area contributed by atoms with Crippen molar-refractivity contribution in [3.63, 3.8) is 0 Å². The van der Waals surface area contributed by atoms with E-state index in [1.165, 1.54) is 4.88 Å². The van der Waals surface area contributed by atoms with Crippen molar-refractivity contribution in [3.8, 4) is 0 Å².